The van der Waals surface area contributed by atoms with Gasteiger partial charge in [-0.1, -0.05) is 124 Å². The summed E-state index contributed by atoms with van der Waals surface area (Å²) in [4.78, 5) is 16.0. The fourth-order valence-electron chi connectivity index (χ4n) is 10.4. The molecule has 1 amide bonds. The number of benzene rings is 3. The maximum absolute atomic E-state index is 17.0. The number of rotatable bonds is 17. The standard InChI is InChI=1S/C52H61F5N2O3Si/c1-37-30-44-43-26-15-14-21-40(43)33-45(44)49(59(37)35-52(56,57)36-62-63(51(2,3)4,41-22-10-6-11-23-41)42-24-12-7-13-25-42)48-46(54)31-39(32-47(48)55)20-16-28-58(29-17-27-53)50(60)61-34-38-18-8-5-9-19-38/h5-15,18-19,21-22,24,26,31-32,37,41-42,49H,16-17,20,23,25,27-30,33-36H2,1-4H3/t37-,41?,42?,49+,63?/m1/s1. The van der Waals surface area contributed by atoms with E-state index in [1.54, 1.807) is 4.90 Å². The number of nitrogens with zero attached hydrogens (tertiary/aromatic N) is 2. The van der Waals surface area contributed by atoms with Crippen LogP contribution in [0.3, 0.4) is 0 Å². The van der Waals surface area contributed by atoms with Crippen LogP contribution in [0.2, 0.25) is 16.1 Å². The highest BCUT2D eigenvalue weighted by Crippen LogP contribution is 2.56. The van der Waals surface area contributed by atoms with Crippen molar-refractivity contribution in [1.82, 2.24) is 9.80 Å². The van der Waals surface area contributed by atoms with Crippen molar-refractivity contribution in [2.75, 3.05) is 32.9 Å². The number of carbonyl (C=O) groups excluding carboxylic acids is 1. The van der Waals surface area contributed by atoms with E-state index < -0.39 is 68.9 Å². The highest BCUT2D eigenvalue weighted by molar-refractivity contribution is 6.80. The van der Waals surface area contributed by atoms with Gasteiger partial charge in [-0.25, -0.2) is 22.4 Å². The molecule has 0 aromatic heterocycles. The largest absolute Gasteiger partial charge is 0.445 e. The Morgan fingerprint density at radius 2 is 1.49 bits per heavy atom. The van der Waals surface area contributed by atoms with Crippen LogP contribution in [0.5, 0.6) is 0 Å². The molecule has 0 fully saturated rings. The second-order valence-corrected chi connectivity index (χ2v) is 23.5. The highest BCUT2D eigenvalue weighted by Gasteiger charge is 2.57. The molecule has 0 spiro atoms. The Morgan fingerprint density at radius 1 is 0.857 bits per heavy atom. The third kappa shape index (κ3) is 10.4. The molecule has 11 heteroatoms. The number of hydrogen-bond acceptors (Lipinski definition) is 4. The molecule has 0 bridgehead atoms. The van der Waals surface area contributed by atoms with Gasteiger partial charge in [0.1, 0.15) is 18.2 Å². The first-order valence-corrected chi connectivity index (χ1v) is 24.5. The monoisotopic (exact) mass is 884 g/mol. The highest BCUT2D eigenvalue weighted by atomic mass is 28.4. The normalized spacial score (nSPS) is 21.9. The van der Waals surface area contributed by atoms with Crippen LogP contribution in [0.25, 0.3) is 5.57 Å². The lowest BCUT2D eigenvalue weighted by molar-refractivity contribution is -0.0837. The summed E-state index contributed by atoms with van der Waals surface area (Å²) in [5.41, 5.74) is 4.63. The summed E-state index contributed by atoms with van der Waals surface area (Å²) in [5.74, 6) is -4.96. The van der Waals surface area contributed by atoms with Crippen LogP contribution >= 0.6 is 0 Å². The molecule has 63 heavy (non-hydrogen) atoms. The summed E-state index contributed by atoms with van der Waals surface area (Å²) < 4.78 is 93.0. The van der Waals surface area contributed by atoms with Crippen molar-refractivity contribution in [3.05, 3.63) is 160 Å². The topological polar surface area (TPSA) is 42.0 Å². The zero-order valence-electron chi connectivity index (χ0n) is 37.0. The van der Waals surface area contributed by atoms with Crippen LogP contribution in [-0.4, -0.2) is 69.1 Å². The predicted molar refractivity (Wildman–Crippen MR) is 244 cm³/mol. The van der Waals surface area contributed by atoms with E-state index in [-0.39, 0.29) is 49.2 Å². The van der Waals surface area contributed by atoms with Gasteiger partial charge in [0.05, 0.1) is 25.9 Å². The third-order valence-corrected chi connectivity index (χ3v) is 19.4. The number of fused-ring (bicyclic) bond motifs is 2. The molecule has 4 aliphatic rings. The molecule has 1 aliphatic heterocycles. The molecular formula is C52H61F5N2O3Si. The summed E-state index contributed by atoms with van der Waals surface area (Å²) in [6.07, 6.45) is 18.9. The number of hydrogen-bond donors (Lipinski definition) is 0. The van der Waals surface area contributed by atoms with E-state index in [9.17, 15) is 9.18 Å². The maximum Gasteiger partial charge on any atom is 0.410 e. The van der Waals surface area contributed by atoms with Crippen molar-refractivity contribution in [2.45, 2.75) is 113 Å². The van der Waals surface area contributed by atoms with Gasteiger partial charge in [-0.15, -0.1) is 0 Å². The van der Waals surface area contributed by atoms with Gasteiger partial charge in [0.25, 0.3) is 5.92 Å². The minimum absolute atomic E-state index is 0.0146. The number of allylic oxidation sites excluding steroid dienone is 8. The summed E-state index contributed by atoms with van der Waals surface area (Å²) in [6, 6.07) is 18.1. The number of ether oxygens (including phenoxy) is 1. The molecule has 0 saturated heterocycles. The molecule has 3 aromatic carbocycles. The third-order valence-electron chi connectivity index (χ3n) is 13.3. The van der Waals surface area contributed by atoms with Crippen molar-refractivity contribution in [2.24, 2.45) is 0 Å². The maximum atomic E-state index is 17.0. The van der Waals surface area contributed by atoms with Gasteiger partial charge in [0.15, 0.2) is 0 Å². The first-order chi connectivity index (χ1) is 30.2. The van der Waals surface area contributed by atoms with Crippen LogP contribution in [0.15, 0.2) is 121 Å². The van der Waals surface area contributed by atoms with Gasteiger partial charge >= 0.3 is 6.09 Å². The van der Waals surface area contributed by atoms with Crippen LogP contribution in [0.4, 0.5) is 26.7 Å². The molecule has 0 radical (unpaired) electrons. The number of aryl methyl sites for hydroxylation is 1. The smallest absolute Gasteiger partial charge is 0.410 e. The lowest BCUT2D eigenvalue weighted by Gasteiger charge is -2.51. The van der Waals surface area contributed by atoms with E-state index in [4.69, 9.17) is 9.16 Å². The molecule has 4 atom stereocenters. The Bertz CT molecular complexity index is 2180. The minimum atomic E-state index is -3.36. The average molecular weight is 885 g/mol. The van der Waals surface area contributed by atoms with Gasteiger partial charge in [-0.2, -0.15) is 0 Å². The average Bonchev–Trinajstić information content (AvgIpc) is 3.63. The summed E-state index contributed by atoms with van der Waals surface area (Å²) >= 11 is 0. The molecule has 0 N–H and O–H groups in total. The molecule has 3 aliphatic carbocycles. The SMILES string of the molecule is C[C@@H]1CC2=C(Cc3ccccc32)[C@@H](c2c(F)cc(CCCN(CCCF)C(=O)OCc3ccccc3)cc2F)N1CC(F)(F)CO[Si](C1C=CC=CC1)(C1C=CC=CC1)C(C)(C)C. The van der Waals surface area contributed by atoms with E-state index in [0.29, 0.717) is 24.8 Å². The zero-order valence-corrected chi connectivity index (χ0v) is 38.0. The Balaban J connectivity index is 1.14. The molecule has 5 nitrogen and oxygen atoms in total. The molecule has 7 rings (SSSR count). The van der Waals surface area contributed by atoms with Crippen molar-refractivity contribution in [3.63, 3.8) is 0 Å². The fraction of sp³-hybridized carbons (Fsp3) is 0.442. The fourth-order valence-corrected chi connectivity index (χ4v) is 16.3. The molecule has 0 saturated carbocycles. The Labute approximate surface area is 371 Å². The van der Waals surface area contributed by atoms with E-state index in [2.05, 4.69) is 45.1 Å². The van der Waals surface area contributed by atoms with Gasteiger partial charge < -0.3 is 14.1 Å². The predicted octanol–water partition coefficient (Wildman–Crippen LogP) is 13.2. The molecule has 336 valence electrons. The second-order valence-electron chi connectivity index (χ2n) is 18.6. The summed E-state index contributed by atoms with van der Waals surface area (Å²) in [6.45, 7) is 6.46. The van der Waals surface area contributed by atoms with Gasteiger partial charge in [0.2, 0.25) is 8.32 Å². The Morgan fingerprint density at radius 3 is 2.11 bits per heavy atom. The summed E-state index contributed by atoms with van der Waals surface area (Å²) in [7, 11) is -3.06. The minimum Gasteiger partial charge on any atom is -0.445 e. The van der Waals surface area contributed by atoms with Crippen LogP contribution < -0.4 is 0 Å². The van der Waals surface area contributed by atoms with E-state index >= 15 is 17.6 Å². The van der Waals surface area contributed by atoms with Gasteiger partial charge in [0, 0.05) is 35.8 Å². The Kier molecular flexibility index (Phi) is 14.8. The van der Waals surface area contributed by atoms with Crippen LogP contribution in [0.1, 0.15) is 93.7 Å². The molecular weight excluding hydrogens is 824 g/mol. The zero-order chi connectivity index (χ0) is 44.8. The van der Waals surface area contributed by atoms with Crippen LogP contribution in [-0.2, 0) is 28.6 Å². The first kappa shape index (κ1) is 46.4. The van der Waals surface area contributed by atoms with Gasteiger partial charge in [-0.3, -0.25) is 9.29 Å². The molecule has 2 unspecified atom stereocenters. The Hall–Kier alpha value is -4.58. The lowest BCUT2D eigenvalue weighted by Crippen LogP contribution is -2.57. The quantitative estimate of drug-likeness (QED) is 0.100. The molecule has 3 aromatic rings. The van der Waals surface area contributed by atoms with E-state index in [0.717, 1.165) is 40.7 Å². The number of alkyl halides is 3. The van der Waals surface area contributed by atoms with E-state index in [1.165, 1.54) is 17.0 Å². The van der Waals surface area contributed by atoms with Crippen molar-refractivity contribution < 1.29 is 35.9 Å². The van der Waals surface area contributed by atoms with Gasteiger partial charge in [-0.05, 0) is 102 Å². The van der Waals surface area contributed by atoms with Crippen molar-refractivity contribution in [1.29, 1.82) is 0 Å². The summed E-state index contributed by atoms with van der Waals surface area (Å²) in [5, 5.41) is -0.397. The lowest BCUT2D eigenvalue weighted by atomic mass is 9.84. The number of carbonyl (C=O) groups is 1. The second kappa shape index (κ2) is 20.1. The number of halogens is 5. The number of amides is 1. The van der Waals surface area contributed by atoms with E-state index in [1.807, 2.05) is 85.8 Å². The van der Waals surface area contributed by atoms with Crippen molar-refractivity contribution in [3.8, 4) is 0 Å². The first-order valence-electron chi connectivity index (χ1n) is 22.5. The van der Waals surface area contributed by atoms with Crippen molar-refractivity contribution >= 4 is 20.0 Å². The molecule has 1 heterocycles. The van der Waals surface area contributed by atoms with Crippen LogP contribution in [0, 0.1) is 11.6 Å².